The maximum Gasteiger partial charge on any atom is 0.563 e. The van der Waals surface area contributed by atoms with Gasteiger partial charge in [0, 0.05) is 0 Å². The van der Waals surface area contributed by atoms with E-state index in [0.717, 1.165) is 12.8 Å². The molecule has 0 heterocycles. The fourth-order valence-electron chi connectivity index (χ4n) is 1.82. The normalized spacial score (nSPS) is 11.6. The Kier molecular flexibility index (Phi) is 8.58. The summed E-state index contributed by atoms with van der Waals surface area (Å²) in [6, 6.07) is 7.17. The lowest BCUT2D eigenvalue weighted by atomic mass is 10.1. The molecule has 4 nitrogen and oxygen atoms in total. The predicted molar refractivity (Wildman–Crippen MR) is 81.0 cm³/mol. The molecule has 0 fully saturated rings. The minimum absolute atomic E-state index is 0.323. The van der Waals surface area contributed by atoms with Gasteiger partial charge in [0.05, 0.1) is 23.7 Å². The monoisotopic (exact) mass is 340 g/mol. The van der Waals surface area contributed by atoms with Gasteiger partial charge in [-0.2, -0.15) is 8.15 Å². The molecule has 114 valence electrons. The Bertz CT molecular complexity index is 417. The molecule has 0 aliphatic heterocycles. The van der Waals surface area contributed by atoms with Gasteiger partial charge in [0.2, 0.25) is 0 Å². The fraction of sp³-hybridized carbons (Fsp3) is 0.538. The van der Waals surface area contributed by atoms with Crippen LogP contribution in [0.1, 0.15) is 44.6 Å². The van der Waals surface area contributed by atoms with E-state index in [2.05, 4.69) is 15.1 Å². The molecule has 0 atom stereocenters. The van der Waals surface area contributed by atoms with E-state index in [0.29, 0.717) is 5.75 Å². The predicted octanol–water partition coefficient (Wildman–Crippen LogP) is 6.03. The highest BCUT2D eigenvalue weighted by molar-refractivity contribution is 7.50. The maximum atomic E-state index is 11.5. The molecule has 0 saturated heterocycles. The van der Waals surface area contributed by atoms with Crippen LogP contribution in [0.4, 0.5) is 0 Å². The number of aryl methyl sites for hydroxylation is 1. The third-order valence-electron chi connectivity index (χ3n) is 2.88. The van der Waals surface area contributed by atoms with Crippen molar-refractivity contribution in [1.82, 2.24) is 0 Å². The van der Waals surface area contributed by atoms with Crippen molar-refractivity contribution in [1.29, 1.82) is 0 Å². The molecule has 1 rings (SSSR count). The zero-order valence-corrected chi connectivity index (χ0v) is 13.8. The molecule has 0 aliphatic rings. The van der Waals surface area contributed by atoms with Gasteiger partial charge in [-0.1, -0.05) is 44.7 Å². The number of hydrogen-bond acceptors (Lipinski definition) is 4. The molecule has 0 aliphatic carbocycles. The van der Waals surface area contributed by atoms with Crippen LogP contribution in [0, 0.1) is 0 Å². The van der Waals surface area contributed by atoms with E-state index < -0.39 is 7.82 Å². The highest BCUT2D eigenvalue weighted by Crippen LogP contribution is 2.51. The second-order valence-corrected chi connectivity index (χ2v) is 6.67. The van der Waals surface area contributed by atoms with Gasteiger partial charge in [0.1, 0.15) is 5.75 Å². The molecular formula is C13H19Cl2O4P. The van der Waals surface area contributed by atoms with Crippen molar-refractivity contribution < 1.29 is 17.2 Å². The number of unbranched alkanes of at least 4 members (excludes halogenated alkanes) is 4. The molecule has 20 heavy (non-hydrogen) atoms. The zero-order chi connectivity index (χ0) is 14.8. The summed E-state index contributed by atoms with van der Waals surface area (Å²) in [7, 11) is -3.92. The summed E-state index contributed by atoms with van der Waals surface area (Å²) < 4.78 is 24.7. The molecule has 0 N–H and O–H groups in total. The largest absolute Gasteiger partial charge is 0.563 e. The van der Waals surface area contributed by atoms with Crippen molar-refractivity contribution >= 4 is 31.6 Å². The van der Waals surface area contributed by atoms with E-state index in [4.69, 9.17) is 28.3 Å². The van der Waals surface area contributed by atoms with Crippen LogP contribution in [0.2, 0.25) is 0 Å². The third kappa shape index (κ3) is 6.47. The average Bonchev–Trinajstić information content (AvgIpc) is 2.48. The van der Waals surface area contributed by atoms with Crippen LogP contribution in [0.15, 0.2) is 24.3 Å². The zero-order valence-electron chi connectivity index (χ0n) is 11.4. The molecule has 0 saturated carbocycles. The van der Waals surface area contributed by atoms with Crippen molar-refractivity contribution in [2.75, 3.05) is 0 Å². The van der Waals surface area contributed by atoms with Crippen molar-refractivity contribution in [2.24, 2.45) is 0 Å². The van der Waals surface area contributed by atoms with Crippen LogP contribution >= 0.6 is 31.6 Å². The summed E-state index contributed by atoms with van der Waals surface area (Å²) in [5.74, 6) is 0.323. The molecule has 0 radical (unpaired) electrons. The first kappa shape index (κ1) is 17.8. The summed E-state index contributed by atoms with van der Waals surface area (Å²) in [4.78, 5) is 0. The van der Waals surface area contributed by atoms with Crippen molar-refractivity contribution in [3.63, 3.8) is 0 Å². The summed E-state index contributed by atoms with van der Waals surface area (Å²) >= 11 is 10.0. The molecular weight excluding hydrogens is 322 g/mol. The number of benzene rings is 1. The first-order valence-corrected chi connectivity index (χ1v) is 8.70. The van der Waals surface area contributed by atoms with Gasteiger partial charge in [-0.25, -0.2) is 4.57 Å². The molecule has 0 amide bonds. The van der Waals surface area contributed by atoms with Crippen LogP contribution in [0.25, 0.3) is 0 Å². The molecule has 1 aromatic carbocycles. The van der Waals surface area contributed by atoms with Crippen LogP contribution < -0.4 is 4.52 Å². The lowest BCUT2D eigenvalue weighted by Crippen LogP contribution is -1.93. The first-order chi connectivity index (χ1) is 9.63. The average molecular weight is 341 g/mol. The second-order valence-electron chi connectivity index (χ2n) is 4.48. The Balaban J connectivity index is 2.42. The number of halogens is 2. The Labute approximate surface area is 130 Å². The summed E-state index contributed by atoms with van der Waals surface area (Å²) in [6.45, 7) is 2.20. The van der Waals surface area contributed by atoms with Crippen molar-refractivity contribution in [3.8, 4) is 5.75 Å². The lowest BCUT2D eigenvalue weighted by Gasteiger charge is -2.11. The molecule has 0 spiro atoms. The van der Waals surface area contributed by atoms with Crippen molar-refractivity contribution in [2.45, 2.75) is 45.4 Å². The van der Waals surface area contributed by atoms with Crippen LogP contribution in [0.5, 0.6) is 5.75 Å². The SMILES string of the molecule is CCCCCCCc1ccc(OP(=O)(OCl)OCl)cc1. The van der Waals surface area contributed by atoms with Gasteiger partial charge in [-0.05, 0) is 30.5 Å². The van der Waals surface area contributed by atoms with Crippen molar-refractivity contribution in [3.05, 3.63) is 29.8 Å². The van der Waals surface area contributed by atoms with E-state index in [-0.39, 0.29) is 0 Å². The van der Waals surface area contributed by atoms with Gasteiger partial charge < -0.3 is 4.52 Å². The number of phosphoric acid groups is 1. The summed E-state index contributed by atoms with van der Waals surface area (Å²) in [6.07, 6.45) is 7.23. The molecule has 1 aromatic rings. The summed E-state index contributed by atoms with van der Waals surface area (Å²) in [5.41, 5.74) is 1.20. The van der Waals surface area contributed by atoms with E-state index in [9.17, 15) is 4.57 Å². The standard InChI is InChI=1S/C13H19Cl2O4P/c1-2-3-4-5-6-7-12-8-10-13(11-9-12)17-20(16,18-14)19-15/h8-11H,2-7H2,1H3. The Morgan fingerprint density at radius 2 is 1.60 bits per heavy atom. The van der Waals surface area contributed by atoms with E-state index in [1.54, 1.807) is 12.1 Å². The van der Waals surface area contributed by atoms with Gasteiger partial charge in [0.25, 0.3) is 0 Å². The maximum absolute atomic E-state index is 11.5. The third-order valence-corrected chi connectivity index (χ3v) is 4.67. The Hall–Kier alpha value is -0.250. The Morgan fingerprint density at radius 1 is 1.00 bits per heavy atom. The minimum atomic E-state index is -3.92. The highest BCUT2D eigenvalue weighted by Gasteiger charge is 2.28. The van der Waals surface area contributed by atoms with Gasteiger partial charge in [0.15, 0.2) is 0 Å². The van der Waals surface area contributed by atoms with E-state index >= 15 is 0 Å². The highest BCUT2D eigenvalue weighted by atomic mass is 35.5. The van der Waals surface area contributed by atoms with Gasteiger partial charge in [-0.3, -0.25) is 0 Å². The van der Waals surface area contributed by atoms with E-state index in [1.807, 2.05) is 12.1 Å². The van der Waals surface area contributed by atoms with E-state index in [1.165, 1.54) is 31.2 Å². The topological polar surface area (TPSA) is 44.8 Å². The second kappa shape index (κ2) is 9.64. The minimum Gasteiger partial charge on any atom is -0.402 e. The first-order valence-electron chi connectivity index (χ1n) is 6.63. The lowest BCUT2D eigenvalue weighted by molar-refractivity contribution is 0.318. The quantitative estimate of drug-likeness (QED) is 0.385. The Morgan fingerprint density at radius 3 is 2.15 bits per heavy atom. The van der Waals surface area contributed by atoms with Gasteiger partial charge in [-0.15, -0.1) is 0 Å². The molecule has 0 bridgehead atoms. The van der Waals surface area contributed by atoms with Crippen LogP contribution in [-0.2, 0) is 19.1 Å². The molecule has 0 unspecified atom stereocenters. The number of rotatable bonds is 10. The van der Waals surface area contributed by atoms with Gasteiger partial charge >= 0.3 is 7.82 Å². The van der Waals surface area contributed by atoms with Crippen LogP contribution in [0.3, 0.4) is 0 Å². The molecule has 0 aromatic heterocycles. The fourth-order valence-corrected chi connectivity index (χ4v) is 2.70. The molecule has 7 heteroatoms. The number of hydrogen-bond donors (Lipinski definition) is 0. The smallest absolute Gasteiger partial charge is 0.402 e. The van der Waals surface area contributed by atoms with Crippen LogP contribution in [-0.4, -0.2) is 0 Å². The summed E-state index contributed by atoms with van der Waals surface area (Å²) in [5, 5.41) is 0.